The Morgan fingerprint density at radius 3 is 2.64 bits per heavy atom. The molecular formula is C18H25NO3. The number of benzene rings is 1. The summed E-state index contributed by atoms with van der Waals surface area (Å²) in [5.74, 6) is 0.00979. The Morgan fingerprint density at radius 1 is 1.36 bits per heavy atom. The summed E-state index contributed by atoms with van der Waals surface area (Å²) < 4.78 is 5.61. The van der Waals surface area contributed by atoms with Gasteiger partial charge in [-0.05, 0) is 31.9 Å². The zero-order valence-electron chi connectivity index (χ0n) is 13.2. The second-order valence-electron chi connectivity index (χ2n) is 6.74. The van der Waals surface area contributed by atoms with Gasteiger partial charge in [-0.1, -0.05) is 36.8 Å². The number of aliphatic hydroxyl groups excluding tert-OH is 1. The SMILES string of the molecule is CN(C[C@H]1CC2(CCC2)C(=O)O1)[C@H](CCO)c1ccccc1. The number of hydrogen-bond donors (Lipinski definition) is 1. The Bertz CT molecular complexity index is 512. The summed E-state index contributed by atoms with van der Waals surface area (Å²) in [6.45, 7) is 0.880. The molecule has 2 aliphatic rings. The summed E-state index contributed by atoms with van der Waals surface area (Å²) >= 11 is 0. The second kappa shape index (κ2) is 6.39. The van der Waals surface area contributed by atoms with Crippen LogP contribution in [-0.2, 0) is 9.53 Å². The lowest BCUT2D eigenvalue weighted by molar-refractivity contribution is -0.152. The Balaban J connectivity index is 1.64. The Kier molecular flexibility index (Phi) is 4.50. The molecule has 2 atom stereocenters. The Labute approximate surface area is 132 Å². The number of cyclic esters (lactones) is 1. The van der Waals surface area contributed by atoms with E-state index in [1.165, 1.54) is 5.56 Å². The molecule has 22 heavy (non-hydrogen) atoms. The second-order valence-corrected chi connectivity index (χ2v) is 6.74. The fourth-order valence-corrected chi connectivity index (χ4v) is 3.84. The van der Waals surface area contributed by atoms with Crippen LogP contribution < -0.4 is 0 Å². The van der Waals surface area contributed by atoms with E-state index < -0.39 is 0 Å². The van der Waals surface area contributed by atoms with Crippen molar-refractivity contribution >= 4 is 5.97 Å². The van der Waals surface area contributed by atoms with Gasteiger partial charge in [-0.2, -0.15) is 0 Å². The minimum absolute atomic E-state index is 0.00979. The molecule has 1 aromatic rings. The molecule has 1 aliphatic heterocycles. The fraction of sp³-hybridized carbons (Fsp3) is 0.611. The van der Waals surface area contributed by atoms with Crippen LogP contribution in [0.1, 0.15) is 43.7 Å². The van der Waals surface area contributed by atoms with E-state index in [-0.39, 0.29) is 30.1 Å². The number of rotatable bonds is 6. The van der Waals surface area contributed by atoms with E-state index in [9.17, 15) is 9.90 Å². The molecule has 1 spiro atoms. The van der Waals surface area contributed by atoms with E-state index in [1.807, 2.05) is 25.2 Å². The van der Waals surface area contributed by atoms with Crippen LogP contribution in [0, 0.1) is 5.41 Å². The number of carbonyl (C=O) groups is 1. The molecule has 0 bridgehead atoms. The van der Waals surface area contributed by atoms with Crippen LogP contribution in [0.15, 0.2) is 30.3 Å². The highest BCUT2D eigenvalue weighted by Gasteiger charge is 2.52. The largest absolute Gasteiger partial charge is 0.461 e. The lowest BCUT2D eigenvalue weighted by Crippen LogP contribution is -2.35. The van der Waals surface area contributed by atoms with Crippen molar-refractivity contribution in [1.29, 1.82) is 0 Å². The van der Waals surface area contributed by atoms with Gasteiger partial charge < -0.3 is 9.84 Å². The Hall–Kier alpha value is -1.39. The number of hydrogen-bond acceptors (Lipinski definition) is 4. The predicted molar refractivity (Wildman–Crippen MR) is 84.3 cm³/mol. The molecule has 1 heterocycles. The zero-order valence-corrected chi connectivity index (χ0v) is 13.2. The first-order valence-corrected chi connectivity index (χ1v) is 8.22. The minimum atomic E-state index is -0.162. The number of carbonyl (C=O) groups excluding carboxylic acids is 1. The first-order valence-electron chi connectivity index (χ1n) is 8.22. The molecule has 1 aromatic carbocycles. The van der Waals surface area contributed by atoms with E-state index >= 15 is 0 Å². The lowest BCUT2D eigenvalue weighted by atomic mass is 9.67. The number of ether oxygens (including phenoxy) is 1. The molecule has 0 unspecified atom stereocenters. The molecule has 0 amide bonds. The van der Waals surface area contributed by atoms with Crippen molar-refractivity contribution in [3.05, 3.63) is 35.9 Å². The molecule has 120 valence electrons. The number of aliphatic hydroxyl groups is 1. The zero-order chi connectivity index (χ0) is 15.6. The van der Waals surface area contributed by atoms with Gasteiger partial charge in [-0.3, -0.25) is 9.69 Å². The standard InChI is InChI=1S/C18H25NO3/c1-19(16(8-11-20)14-6-3-2-4-7-14)13-15-12-18(9-5-10-18)17(21)22-15/h2-4,6-7,15-16,20H,5,8-13H2,1H3/t15-,16-/m1/s1. The van der Waals surface area contributed by atoms with Crippen molar-refractivity contribution < 1.29 is 14.6 Å². The summed E-state index contributed by atoms with van der Waals surface area (Å²) in [5.41, 5.74) is 1.03. The van der Waals surface area contributed by atoms with Gasteiger partial charge in [0.1, 0.15) is 6.10 Å². The highest BCUT2D eigenvalue weighted by atomic mass is 16.6. The third-order valence-electron chi connectivity index (χ3n) is 5.25. The van der Waals surface area contributed by atoms with Gasteiger partial charge in [0.15, 0.2) is 0 Å². The van der Waals surface area contributed by atoms with Crippen molar-refractivity contribution in [2.45, 2.75) is 44.2 Å². The van der Waals surface area contributed by atoms with Gasteiger partial charge >= 0.3 is 5.97 Å². The van der Waals surface area contributed by atoms with Crippen LogP contribution in [0.4, 0.5) is 0 Å². The molecule has 0 radical (unpaired) electrons. The summed E-state index contributed by atoms with van der Waals surface area (Å²) in [6, 6.07) is 10.4. The highest BCUT2D eigenvalue weighted by molar-refractivity contribution is 5.80. The van der Waals surface area contributed by atoms with E-state index in [0.29, 0.717) is 6.42 Å². The average Bonchev–Trinajstić information content (AvgIpc) is 2.82. The van der Waals surface area contributed by atoms with Crippen molar-refractivity contribution in [3.8, 4) is 0 Å². The molecule has 2 fully saturated rings. The lowest BCUT2D eigenvalue weighted by Gasteiger charge is -2.34. The third kappa shape index (κ3) is 2.90. The smallest absolute Gasteiger partial charge is 0.312 e. The molecule has 4 heteroatoms. The van der Waals surface area contributed by atoms with E-state index in [0.717, 1.165) is 32.2 Å². The van der Waals surface area contributed by atoms with Crippen molar-refractivity contribution in [2.75, 3.05) is 20.2 Å². The molecule has 1 N–H and O–H groups in total. The van der Waals surface area contributed by atoms with E-state index in [2.05, 4.69) is 17.0 Å². The van der Waals surface area contributed by atoms with Gasteiger partial charge in [0.2, 0.25) is 0 Å². The molecule has 4 nitrogen and oxygen atoms in total. The summed E-state index contributed by atoms with van der Waals surface area (Å²) in [5, 5.41) is 9.37. The summed E-state index contributed by atoms with van der Waals surface area (Å²) in [6.07, 6.45) is 4.66. The maximum Gasteiger partial charge on any atom is 0.312 e. The number of nitrogens with zero attached hydrogens (tertiary/aromatic N) is 1. The molecule has 1 saturated carbocycles. The maximum atomic E-state index is 12.1. The maximum absolute atomic E-state index is 12.1. The van der Waals surface area contributed by atoms with Crippen molar-refractivity contribution in [1.82, 2.24) is 4.90 Å². The van der Waals surface area contributed by atoms with Crippen LogP contribution in [0.3, 0.4) is 0 Å². The van der Waals surface area contributed by atoms with Crippen LogP contribution >= 0.6 is 0 Å². The monoisotopic (exact) mass is 303 g/mol. The Morgan fingerprint density at radius 2 is 2.09 bits per heavy atom. The molecule has 1 saturated heterocycles. The van der Waals surface area contributed by atoms with Gasteiger partial charge in [-0.15, -0.1) is 0 Å². The van der Waals surface area contributed by atoms with Crippen LogP contribution in [0.25, 0.3) is 0 Å². The van der Waals surface area contributed by atoms with Crippen molar-refractivity contribution in [3.63, 3.8) is 0 Å². The molecular weight excluding hydrogens is 278 g/mol. The van der Waals surface area contributed by atoms with E-state index in [1.54, 1.807) is 0 Å². The average molecular weight is 303 g/mol. The number of likely N-dealkylation sites (N-methyl/N-ethyl adjacent to an activating group) is 1. The highest BCUT2D eigenvalue weighted by Crippen LogP contribution is 2.50. The van der Waals surface area contributed by atoms with Gasteiger partial charge in [0.05, 0.1) is 5.41 Å². The van der Waals surface area contributed by atoms with Crippen molar-refractivity contribution in [2.24, 2.45) is 5.41 Å². The van der Waals surface area contributed by atoms with Gasteiger partial charge in [0, 0.05) is 25.6 Å². The third-order valence-corrected chi connectivity index (χ3v) is 5.25. The van der Waals surface area contributed by atoms with Crippen LogP contribution in [0.5, 0.6) is 0 Å². The molecule has 1 aliphatic carbocycles. The van der Waals surface area contributed by atoms with Gasteiger partial charge in [0.25, 0.3) is 0 Å². The molecule has 0 aromatic heterocycles. The quantitative estimate of drug-likeness (QED) is 0.821. The first kappa shape index (κ1) is 15.5. The van der Waals surface area contributed by atoms with Crippen LogP contribution in [0.2, 0.25) is 0 Å². The van der Waals surface area contributed by atoms with E-state index in [4.69, 9.17) is 4.74 Å². The predicted octanol–water partition coefficient (Wildman–Crippen LogP) is 2.53. The normalized spacial score (nSPS) is 24.3. The topological polar surface area (TPSA) is 49.8 Å². The summed E-state index contributed by atoms with van der Waals surface area (Å²) in [7, 11) is 2.05. The fourth-order valence-electron chi connectivity index (χ4n) is 3.84. The van der Waals surface area contributed by atoms with Crippen LogP contribution in [-0.4, -0.2) is 42.3 Å². The molecule has 3 rings (SSSR count). The van der Waals surface area contributed by atoms with Gasteiger partial charge in [-0.25, -0.2) is 0 Å². The first-order chi connectivity index (χ1) is 10.6. The summed E-state index contributed by atoms with van der Waals surface area (Å²) in [4.78, 5) is 14.3. The number of esters is 1. The minimum Gasteiger partial charge on any atom is -0.461 e.